The fourth-order valence-electron chi connectivity index (χ4n) is 5.34. The third-order valence-corrected chi connectivity index (χ3v) is 7.96. The van der Waals surface area contributed by atoms with E-state index in [2.05, 4.69) is 46.9 Å². The van der Waals surface area contributed by atoms with Gasteiger partial charge in [0, 0.05) is 0 Å². The predicted molar refractivity (Wildman–Crippen MR) is 148 cm³/mol. The Morgan fingerprint density at radius 1 is 1.00 bits per heavy atom. The first-order valence-corrected chi connectivity index (χ1v) is 14.2. The van der Waals surface area contributed by atoms with E-state index in [0.717, 1.165) is 59.5 Å². The van der Waals surface area contributed by atoms with E-state index in [9.17, 15) is 4.79 Å². The van der Waals surface area contributed by atoms with Crippen LogP contribution < -0.4 is 14.8 Å². The molecular formula is C31H53NO3. The molecule has 4 nitrogen and oxygen atoms in total. The molecule has 1 aliphatic rings. The Morgan fingerprint density at radius 3 is 2.20 bits per heavy atom. The van der Waals surface area contributed by atoms with Gasteiger partial charge in [0.15, 0.2) is 0 Å². The number of carbonyl (C=O) groups is 1. The molecule has 1 aromatic rings. The van der Waals surface area contributed by atoms with Gasteiger partial charge in [-0.25, -0.2) is 0 Å². The summed E-state index contributed by atoms with van der Waals surface area (Å²) < 4.78 is 12.2. The first-order valence-electron chi connectivity index (χ1n) is 14.2. The van der Waals surface area contributed by atoms with Crippen LogP contribution in [0.2, 0.25) is 0 Å². The second-order valence-corrected chi connectivity index (χ2v) is 12.0. The van der Waals surface area contributed by atoms with Crippen molar-refractivity contribution in [3.8, 4) is 11.5 Å². The number of rotatable bonds is 15. The minimum absolute atomic E-state index is 0.112. The molecule has 3 unspecified atom stereocenters. The molecule has 35 heavy (non-hydrogen) atoms. The van der Waals surface area contributed by atoms with Gasteiger partial charge in [-0.1, -0.05) is 72.6 Å². The molecule has 1 aliphatic heterocycles. The zero-order valence-corrected chi connectivity index (χ0v) is 24.0. The Bertz CT molecular complexity index is 803. The molecule has 0 aromatic heterocycles. The first kappa shape index (κ1) is 29.7. The molecule has 1 aromatic carbocycles. The number of aryl methyl sites for hydroxylation is 1. The predicted octanol–water partition coefficient (Wildman–Crippen LogP) is 7.95. The first-order chi connectivity index (χ1) is 16.5. The van der Waals surface area contributed by atoms with E-state index >= 15 is 0 Å². The van der Waals surface area contributed by atoms with Crippen LogP contribution in [0.5, 0.6) is 11.5 Å². The maximum atomic E-state index is 12.0. The van der Waals surface area contributed by atoms with Crippen molar-refractivity contribution >= 4 is 5.97 Å². The minimum Gasteiger partial charge on any atom is -0.487 e. The van der Waals surface area contributed by atoms with Crippen LogP contribution in [-0.2, 0) is 11.2 Å². The molecule has 1 heterocycles. The Hall–Kier alpha value is -1.55. The standard InChI is InChI=1S/C31H53NO3/c1-22(2)12-9-13-23(3)14-10-15-24(4)16-11-18-31(7)19-17-27-20-28(34-29(33)21-32-8)25(5)26(6)30(27)35-31/h20,22-24,32H,9-19,21H2,1-8H3. The fourth-order valence-corrected chi connectivity index (χ4v) is 5.34. The van der Waals surface area contributed by atoms with Crippen molar-refractivity contribution in [2.45, 2.75) is 125 Å². The largest absolute Gasteiger partial charge is 0.487 e. The average Bonchev–Trinajstić information content (AvgIpc) is 2.78. The minimum atomic E-state index is -0.258. The van der Waals surface area contributed by atoms with Crippen molar-refractivity contribution in [1.29, 1.82) is 0 Å². The molecular weight excluding hydrogens is 434 g/mol. The lowest BCUT2D eigenvalue weighted by Crippen LogP contribution is -2.37. The van der Waals surface area contributed by atoms with Crippen LogP contribution in [-0.4, -0.2) is 25.2 Å². The second kappa shape index (κ2) is 14.3. The van der Waals surface area contributed by atoms with Gasteiger partial charge in [-0.3, -0.25) is 4.79 Å². The molecule has 4 heteroatoms. The number of hydrogen-bond donors (Lipinski definition) is 1. The van der Waals surface area contributed by atoms with Crippen LogP contribution in [0, 0.1) is 31.6 Å². The molecule has 0 saturated heterocycles. The molecule has 200 valence electrons. The summed E-state index contributed by atoms with van der Waals surface area (Å²) in [6, 6.07) is 2.01. The van der Waals surface area contributed by atoms with E-state index < -0.39 is 0 Å². The van der Waals surface area contributed by atoms with Gasteiger partial charge in [0.25, 0.3) is 0 Å². The lowest BCUT2D eigenvalue weighted by atomic mass is 9.85. The van der Waals surface area contributed by atoms with Gasteiger partial charge in [-0.15, -0.1) is 0 Å². The number of fused-ring (bicyclic) bond motifs is 1. The van der Waals surface area contributed by atoms with Gasteiger partial charge < -0.3 is 14.8 Å². The Balaban J connectivity index is 1.79. The van der Waals surface area contributed by atoms with Crippen molar-refractivity contribution in [2.24, 2.45) is 17.8 Å². The van der Waals surface area contributed by atoms with Gasteiger partial charge in [-0.2, -0.15) is 0 Å². The highest BCUT2D eigenvalue weighted by molar-refractivity contribution is 5.75. The highest BCUT2D eigenvalue weighted by Crippen LogP contribution is 2.42. The molecule has 0 bridgehead atoms. The number of nitrogens with one attached hydrogen (secondary N) is 1. The molecule has 3 atom stereocenters. The lowest BCUT2D eigenvalue weighted by Gasteiger charge is -2.37. The average molecular weight is 488 g/mol. The van der Waals surface area contributed by atoms with E-state index in [1.165, 1.54) is 51.4 Å². The van der Waals surface area contributed by atoms with Crippen LogP contribution >= 0.6 is 0 Å². The van der Waals surface area contributed by atoms with Crippen molar-refractivity contribution in [3.05, 3.63) is 22.8 Å². The number of hydrogen-bond acceptors (Lipinski definition) is 4. The van der Waals surface area contributed by atoms with Gasteiger partial charge >= 0.3 is 5.97 Å². The number of esters is 1. The van der Waals surface area contributed by atoms with Gasteiger partial charge in [0.2, 0.25) is 0 Å². The molecule has 0 aliphatic carbocycles. The SMILES string of the molecule is CNCC(=O)Oc1cc2c(c(C)c1C)OC(C)(CCCC(C)CCCC(C)CCCC(C)C)CC2. The van der Waals surface area contributed by atoms with Gasteiger partial charge in [0.1, 0.15) is 17.1 Å². The quantitative estimate of drug-likeness (QED) is 0.201. The Morgan fingerprint density at radius 2 is 1.60 bits per heavy atom. The summed E-state index contributed by atoms with van der Waals surface area (Å²) in [7, 11) is 1.75. The van der Waals surface area contributed by atoms with Gasteiger partial charge in [-0.05, 0) is 94.0 Å². The zero-order chi connectivity index (χ0) is 26.0. The van der Waals surface area contributed by atoms with Crippen molar-refractivity contribution in [3.63, 3.8) is 0 Å². The van der Waals surface area contributed by atoms with Crippen molar-refractivity contribution in [2.75, 3.05) is 13.6 Å². The maximum Gasteiger partial charge on any atom is 0.325 e. The third kappa shape index (κ3) is 9.79. The number of likely N-dealkylation sites (N-methyl/N-ethyl adjacent to an activating group) is 1. The molecule has 0 radical (unpaired) electrons. The summed E-state index contributed by atoms with van der Waals surface area (Å²) in [4.78, 5) is 12.0. The summed E-state index contributed by atoms with van der Waals surface area (Å²) in [5.41, 5.74) is 3.13. The lowest BCUT2D eigenvalue weighted by molar-refractivity contribution is -0.133. The van der Waals surface area contributed by atoms with E-state index in [1.54, 1.807) is 7.05 Å². The van der Waals surface area contributed by atoms with Crippen LogP contribution in [0.15, 0.2) is 6.07 Å². The Labute approximate surface area is 215 Å². The summed E-state index contributed by atoms with van der Waals surface area (Å²) in [6.07, 6.45) is 13.8. The molecule has 0 fully saturated rings. The van der Waals surface area contributed by atoms with E-state index in [0.29, 0.717) is 5.75 Å². The molecule has 0 spiro atoms. The van der Waals surface area contributed by atoms with Crippen molar-refractivity contribution < 1.29 is 14.3 Å². The highest BCUT2D eigenvalue weighted by atomic mass is 16.5. The van der Waals surface area contributed by atoms with E-state index in [4.69, 9.17) is 9.47 Å². The number of carbonyl (C=O) groups excluding carboxylic acids is 1. The molecule has 0 saturated carbocycles. The van der Waals surface area contributed by atoms with Crippen LogP contribution in [0.3, 0.4) is 0 Å². The summed E-state index contributed by atoms with van der Waals surface area (Å²) in [6.45, 7) is 16.1. The monoisotopic (exact) mass is 487 g/mol. The highest BCUT2D eigenvalue weighted by Gasteiger charge is 2.33. The fraction of sp³-hybridized carbons (Fsp3) is 0.774. The van der Waals surface area contributed by atoms with Crippen molar-refractivity contribution in [1.82, 2.24) is 5.32 Å². The molecule has 1 N–H and O–H groups in total. The van der Waals surface area contributed by atoms with Gasteiger partial charge in [0.05, 0.1) is 6.54 Å². The summed E-state index contributed by atoms with van der Waals surface area (Å²) >= 11 is 0. The van der Waals surface area contributed by atoms with Crippen LogP contribution in [0.25, 0.3) is 0 Å². The molecule has 0 amide bonds. The van der Waals surface area contributed by atoms with Crippen LogP contribution in [0.1, 0.15) is 116 Å². The normalized spacial score (nSPS) is 19.2. The van der Waals surface area contributed by atoms with E-state index in [-0.39, 0.29) is 18.1 Å². The smallest absolute Gasteiger partial charge is 0.325 e. The second-order valence-electron chi connectivity index (χ2n) is 12.0. The topological polar surface area (TPSA) is 47.6 Å². The molecule has 2 rings (SSSR count). The third-order valence-electron chi connectivity index (χ3n) is 7.96. The zero-order valence-electron chi connectivity index (χ0n) is 24.0. The number of ether oxygens (including phenoxy) is 2. The maximum absolute atomic E-state index is 12.0. The van der Waals surface area contributed by atoms with Crippen LogP contribution in [0.4, 0.5) is 0 Å². The summed E-state index contributed by atoms with van der Waals surface area (Å²) in [5, 5.41) is 2.85. The summed E-state index contributed by atoms with van der Waals surface area (Å²) in [5.74, 6) is 3.90. The Kier molecular flexibility index (Phi) is 12.1. The van der Waals surface area contributed by atoms with E-state index in [1.807, 2.05) is 13.0 Å². The number of benzene rings is 1.